The van der Waals surface area contributed by atoms with Crippen LogP contribution in [0.3, 0.4) is 0 Å². The fraction of sp³-hybridized carbons (Fsp3) is 0.375. The number of amides is 1. The molecule has 0 saturated heterocycles. The lowest BCUT2D eigenvalue weighted by atomic mass is 9.91. The Morgan fingerprint density at radius 2 is 1.94 bits per heavy atom. The monoisotopic (exact) mass is 444 g/mol. The summed E-state index contributed by atoms with van der Waals surface area (Å²) in [6.07, 6.45) is 2.49. The third-order valence-electron chi connectivity index (χ3n) is 5.44. The predicted molar refractivity (Wildman–Crippen MR) is 122 cm³/mol. The van der Waals surface area contributed by atoms with Crippen molar-refractivity contribution in [1.82, 2.24) is 10.8 Å². The second-order valence-corrected chi connectivity index (χ2v) is 8.78. The first-order valence-corrected chi connectivity index (χ1v) is 11.3. The SMILES string of the molecule is CO[C@H](C[C@H](CCCCNCc1cc2ccccc2s1)C(=O)NO)c1ccc(F)cc1. The second kappa shape index (κ2) is 11.9. The molecule has 0 spiro atoms. The number of carbonyl (C=O) groups is 1. The van der Waals surface area contributed by atoms with Crippen molar-refractivity contribution in [2.75, 3.05) is 13.7 Å². The van der Waals surface area contributed by atoms with Gasteiger partial charge in [-0.2, -0.15) is 0 Å². The highest BCUT2D eigenvalue weighted by Crippen LogP contribution is 2.28. The first-order chi connectivity index (χ1) is 15.1. The highest BCUT2D eigenvalue weighted by atomic mass is 32.1. The molecule has 0 unspecified atom stereocenters. The van der Waals surface area contributed by atoms with Crippen molar-refractivity contribution in [3.05, 3.63) is 70.9 Å². The lowest BCUT2D eigenvalue weighted by molar-refractivity contribution is -0.135. The third-order valence-corrected chi connectivity index (χ3v) is 6.55. The van der Waals surface area contributed by atoms with Gasteiger partial charge in [-0.15, -0.1) is 11.3 Å². The number of halogens is 1. The largest absolute Gasteiger partial charge is 0.377 e. The molecule has 3 rings (SSSR count). The average Bonchev–Trinajstić information content (AvgIpc) is 3.21. The topological polar surface area (TPSA) is 70.6 Å². The Labute approximate surface area is 186 Å². The summed E-state index contributed by atoms with van der Waals surface area (Å²) in [4.78, 5) is 13.5. The molecule has 31 heavy (non-hydrogen) atoms. The van der Waals surface area contributed by atoms with Gasteiger partial charge in [0.1, 0.15) is 5.82 Å². The van der Waals surface area contributed by atoms with Crippen molar-refractivity contribution in [1.29, 1.82) is 0 Å². The van der Waals surface area contributed by atoms with E-state index in [1.54, 1.807) is 36.1 Å². The highest BCUT2D eigenvalue weighted by Gasteiger charge is 2.23. The summed E-state index contributed by atoms with van der Waals surface area (Å²) in [5, 5.41) is 13.9. The summed E-state index contributed by atoms with van der Waals surface area (Å²) in [5.41, 5.74) is 2.58. The maximum absolute atomic E-state index is 13.2. The Bertz CT molecular complexity index is 928. The van der Waals surface area contributed by atoms with Crippen LogP contribution in [0.4, 0.5) is 4.39 Å². The van der Waals surface area contributed by atoms with Crippen LogP contribution in [0.2, 0.25) is 0 Å². The molecule has 5 nitrogen and oxygen atoms in total. The zero-order chi connectivity index (χ0) is 22.1. The van der Waals surface area contributed by atoms with E-state index in [1.807, 2.05) is 0 Å². The minimum absolute atomic E-state index is 0.314. The van der Waals surface area contributed by atoms with E-state index in [1.165, 1.54) is 27.1 Å². The Morgan fingerprint density at radius 3 is 2.65 bits per heavy atom. The first kappa shape index (κ1) is 23.3. The molecule has 7 heteroatoms. The van der Waals surface area contributed by atoms with Gasteiger partial charge in [-0.25, -0.2) is 9.87 Å². The number of unbranched alkanes of at least 4 members (excludes halogenated alkanes) is 1. The number of hydrogen-bond donors (Lipinski definition) is 3. The number of thiophene rings is 1. The van der Waals surface area contributed by atoms with Gasteiger partial charge in [-0.05, 0) is 61.0 Å². The summed E-state index contributed by atoms with van der Waals surface area (Å²) >= 11 is 1.80. The van der Waals surface area contributed by atoms with Crippen molar-refractivity contribution < 1.29 is 19.1 Å². The molecular formula is C24H29FN2O3S. The average molecular weight is 445 g/mol. The van der Waals surface area contributed by atoms with Crippen LogP contribution in [-0.4, -0.2) is 24.8 Å². The van der Waals surface area contributed by atoms with Crippen molar-refractivity contribution in [2.24, 2.45) is 5.92 Å². The van der Waals surface area contributed by atoms with Crippen LogP contribution < -0.4 is 10.8 Å². The van der Waals surface area contributed by atoms with Crippen LogP contribution in [0, 0.1) is 11.7 Å². The number of benzene rings is 2. The van der Waals surface area contributed by atoms with Crippen LogP contribution in [0.1, 0.15) is 42.2 Å². The number of methoxy groups -OCH3 is 1. The zero-order valence-corrected chi connectivity index (χ0v) is 18.5. The van der Waals surface area contributed by atoms with Crippen LogP contribution in [0.25, 0.3) is 10.1 Å². The van der Waals surface area contributed by atoms with Crippen LogP contribution in [-0.2, 0) is 16.1 Å². The number of nitrogens with one attached hydrogen (secondary N) is 2. The molecule has 166 valence electrons. The van der Waals surface area contributed by atoms with Gasteiger partial charge in [-0.3, -0.25) is 10.0 Å². The summed E-state index contributed by atoms with van der Waals surface area (Å²) < 4.78 is 20.0. The van der Waals surface area contributed by atoms with Gasteiger partial charge in [0.2, 0.25) is 5.91 Å². The number of carbonyl (C=O) groups excluding carboxylic acids is 1. The van der Waals surface area contributed by atoms with Gasteiger partial charge in [0, 0.05) is 29.1 Å². The predicted octanol–water partition coefficient (Wildman–Crippen LogP) is 5.20. The maximum Gasteiger partial charge on any atom is 0.246 e. The molecule has 0 bridgehead atoms. The summed E-state index contributed by atoms with van der Waals surface area (Å²) in [5.74, 6) is -1.11. The van der Waals surface area contributed by atoms with Crippen molar-refractivity contribution in [3.8, 4) is 0 Å². The number of ether oxygens (including phenoxy) is 1. The molecule has 0 saturated carbocycles. The molecule has 3 N–H and O–H groups in total. The molecule has 1 aromatic heterocycles. The quantitative estimate of drug-likeness (QED) is 0.204. The number of hydroxylamine groups is 1. The Morgan fingerprint density at radius 1 is 1.16 bits per heavy atom. The lowest BCUT2D eigenvalue weighted by Gasteiger charge is -2.22. The highest BCUT2D eigenvalue weighted by molar-refractivity contribution is 7.19. The first-order valence-electron chi connectivity index (χ1n) is 10.5. The minimum atomic E-state index is -0.414. The van der Waals surface area contributed by atoms with E-state index in [0.717, 1.165) is 31.5 Å². The zero-order valence-electron chi connectivity index (χ0n) is 17.6. The van der Waals surface area contributed by atoms with E-state index in [4.69, 9.17) is 9.94 Å². The molecule has 2 atom stereocenters. The summed E-state index contributed by atoms with van der Waals surface area (Å²) in [6.45, 7) is 1.68. The van der Waals surface area contributed by atoms with Crippen molar-refractivity contribution >= 4 is 27.3 Å². The molecule has 2 aromatic carbocycles. The van der Waals surface area contributed by atoms with Crippen LogP contribution >= 0.6 is 11.3 Å². The van der Waals surface area contributed by atoms with E-state index < -0.39 is 5.91 Å². The Kier molecular flexibility index (Phi) is 8.97. The fourth-order valence-electron chi connectivity index (χ4n) is 3.73. The van der Waals surface area contributed by atoms with Gasteiger partial charge >= 0.3 is 0 Å². The molecule has 0 fully saturated rings. The standard InChI is InChI=1S/C24H29FN2O3S/c1-30-22(17-9-11-20(25)12-10-17)15-19(24(28)27-29)7-4-5-13-26-16-21-14-18-6-2-3-8-23(18)31-21/h2-3,6,8-12,14,19,22,26,29H,4-5,7,13,15-16H2,1H3,(H,27,28)/t19-,22+/m0/s1. The van der Waals surface area contributed by atoms with Gasteiger partial charge in [0.05, 0.1) is 6.10 Å². The number of rotatable bonds is 12. The summed E-state index contributed by atoms with van der Waals surface area (Å²) in [7, 11) is 1.57. The smallest absolute Gasteiger partial charge is 0.246 e. The van der Waals surface area contributed by atoms with E-state index in [0.29, 0.717) is 12.8 Å². The van der Waals surface area contributed by atoms with E-state index in [9.17, 15) is 9.18 Å². The van der Waals surface area contributed by atoms with Gasteiger partial charge < -0.3 is 10.1 Å². The van der Waals surface area contributed by atoms with Crippen LogP contribution in [0.5, 0.6) is 0 Å². The molecular weight excluding hydrogens is 415 g/mol. The Balaban J connectivity index is 1.43. The molecule has 0 aliphatic heterocycles. The van der Waals surface area contributed by atoms with E-state index in [-0.39, 0.29) is 17.8 Å². The number of fused-ring (bicyclic) bond motifs is 1. The summed E-state index contributed by atoms with van der Waals surface area (Å²) in [6, 6.07) is 16.7. The normalized spacial score (nSPS) is 13.3. The minimum Gasteiger partial charge on any atom is -0.377 e. The molecule has 1 amide bonds. The molecule has 0 aliphatic rings. The molecule has 1 heterocycles. The second-order valence-electron chi connectivity index (χ2n) is 7.61. The fourth-order valence-corrected chi connectivity index (χ4v) is 4.76. The van der Waals surface area contributed by atoms with Gasteiger partial charge in [0.15, 0.2) is 0 Å². The lowest BCUT2D eigenvalue weighted by Crippen LogP contribution is -2.29. The maximum atomic E-state index is 13.2. The van der Waals surface area contributed by atoms with Crippen LogP contribution in [0.15, 0.2) is 54.6 Å². The van der Waals surface area contributed by atoms with E-state index >= 15 is 0 Å². The molecule has 3 aromatic rings. The molecule has 0 radical (unpaired) electrons. The van der Waals surface area contributed by atoms with E-state index in [2.05, 4.69) is 35.6 Å². The third kappa shape index (κ3) is 6.83. The van der Waals surface area contributed by atoms with Gasteiger partial charge in [0.25, 0.3) is 0 Å². The van der Waals surface area contributed by atoms with Crippen molar-refractivity contribution in [2.45, 2.75) is 38.3 Å². The Hall–Kier alpha value is -2.32. The van der Waals surface area contributed by atoms with Crippen molar-refractivity contribution in [3.63, 3.8) is 0 Å². The number of hydrogen-bond acceptors (Lipinski definition) is 5. The molecule has 0 aliphatic carbocycles. The van der Waals surface area contributed by atoms with Gasteiger partial charge in [-0.1, -0.05) is 36.8 Å².